The maximum atomic E-state index is 5.56. The van der Waals surface area contributed by atoms with Crippen molar-refractivity contribution < 1.29 is 4.74 Å². The Balaban J connectivity index is 2.21. The summed E-state index contributed by atoms with van der Waals surface area (Å²) in [6.07, 6.45) is 10.6. The maximum absolute atomic E-state index is 5.56. The van der Waals surface area contributed by atoms with E-state index < -0.39 is 0 Å². The van der Waals surface area contributed by atoms with Crippen LogP contribution in [0.15, 0.2) is 23.8 Å². The molecule has 0 aromatic heterocycles. The van der Waals surface area contributed by atoms with Gasteiger partial charge in [0.15, 0.2) is 0 Å². The van der Waals surface area contributed by atoms with Gasteiger partial charge in [0, 0.05) is 0 Å². The van der Waals surface area contributed by atoms with Crippen LogP contribution >= 0.6 is 0 Å². The van der Waals surface area contributed by atoms with Crippen molar-refractivity contribution in [2.75, 3.05) is 6.61 Å². The Labute approximate surface area is 61.4 Å². The Bertz CT molecular complexity index is 179. The van der Waals surface area contributed by atoms with Gasteiger partial charge < -0.3 is 4.74 Å². The highest BCUT2D eigenvalue weighted by atomic mass is 16.5. The Morgan fingerprint density at radius 2 is 2.40 bits per heavy atom. The molecule has 0 N–H and O–H groups in total. The second-order valence-electron chi connectivity index (χ2n) is 2.83. The number of rotatable bonds is 0. The first-order valence-corrected chi connectivity index (χ1v) is 3.95. The number of allylic oxidation sites excluding steroid dienone is 1. The molecule has 1 nitrogen and oxygen atoms in total. The largest absolute Gasteiger partial charge is 0.373 e. The van der Waals surface area contributed by atoms with Crippen LogP contribution < -0.4 is 0 Å². The quantitative estimate of drug-likeness (QED) is 0.495. The van der Waals surface area contributed by atoms with Crippen molar-refractivity contribution in [2.24, 2.45) is 0 Å². The molecule has 2 aliphatic rings. The normalized spacial score (nSPS) is 31.2. The van der Waals surface area contributed by atoms with Gasteiger partial charge in [0.05, 0.1) is 12.7 Å². The summed E-state index contributed by atoms with van der Waals surface area (Å²) in [5, 5.41) is 0. The third kappa shape index (κ3) is 1.01. The van der Waals surface area contributed by atoms with Crippen LogP contribution in [0, 0.1) is 0 Å². The third-order valence-electron chi connectivity index (χ3n) is 2.09. The van der Waals surface area contributed by atoms with E-state index in [1.54, 1.807) is 0 Å². The second-order valence-corrected chi connectivity index (χ2v) is 2.83. The zero-order valence-corrected chi connectivity index (χ0v) is 6.05. The Morgan fingerprint density at radius 3 is 3.30 bits per heavy atom. The van der Waals surface area contributed by atoms with Crippen molar-refractivity contribution in [3.63, 3.8) is 0 Å². The molecule has 1 aliphatic heterocycles. The first-order chi connectivity index (χ1) is 4.97. The number of hydrogen-bond acceptors (Lipinski definition) is 1. The first-order valence-electron chi connectivity index (χ1n) is 3.95. The Kier molecular flexibility index (Phi) is 1.60. The van der Waals surface area contributed by atoms with E-state index in [-0.39, 0.29) is 0 Å². The summed E-state index contributed by atoms with van der Waals surface area (Å²) in [5.74, 6) is 0. The Morgan fingerprint density at radius 1 is 1.40 bits per heavy atom. The van der Waals surface area contributed by atoms with Gasteiger partial charge in [-0.3, -0.25) is 0 Å². The zero-order valence-electron chi connectivity index (χ0n) is 6.05. The van der Waals surface area contributed by atoms with Crippen LogP contribution in [0.1, 0.15) is 19.3 Å². The predicted molar refractivity (Wildman–Crippen MR) is 40.8 cm³/mol. The van der Waals surface area contributed by atoms with Crippen LogP contribution in [0.2, 0.25) is 0 Å². The fraction of sp³-hybridized carbons (Fsp3) is 0.556. The molecule has 1 heteroatoms. The molecule has 0 fully saturated rings. The second kappa shape index (κ2) is 2.59. The smallest absolute Gasteiger partial charge is 0.0824 e. The van der Waals surface area contributed by atoms with Gasteiger partial charge in [-0.05, 0) is 24.8 Å². The van der Waals surface area contributed by atoms with E-state index in [0.29, 0.717) is 6.10 Å². The highest BCUT2D eigenvalue weighted by molar-refractivity contribution is 5.27. The van der Waals surface area contributed by atoms with E-state index in [0.717, 1.165) is 13.0 Å². The molecule has 0 aromatic rings. The minimum absolute atomic E-state index is 0.429. The molecule has 0 radical (unpaired) electrons. The van der Waals surface area contributed by atoms with Gasteiger partial charge in [-0.1, -0.05) is 18.2 Å². The lowest BCUT2D eigenvalue weighted by Crippen LogP contribution is -2.21. The molecule has 0 spiro atoms. The lowest BCUT2D eigenvalue weighted by molar-refractivity contribution is 0.0666. The highest BCUT2D eigenvalue weighted by Crippen LogP contribution is 2.23. The summed E-state index contributed by atoms with van der Waals surface area (Å²) < 4.78 is 5.56. The number of ether oxygens (including phenoxy) is 1. The summed E-state index contributed by atoms with van der Waals surface area (Å²) in [5.41, 5.74) is 1.40. The van der Waals surface area contributed by atoms with E-state index >= 15 is 0 Å². The fourth-order valence-electron chi connectivity index (χ4n) is 1.56. The van der Waals surface area contributed by atoms with Gasteiger partial charge in [0.2, 0.25) is 0 Å². The summed E-state index contributed by atoms with van der Waals surface area (Å²) in [6, 6.07) is 0. The molecule has 0 amide bonds. The summed E-state index contributed by atoms with van der Waals surface area (Å²) in [6.45, 7) is 0.919. The first kappa shape index (κ1) is 6.17. The zero-order chi connectivity index (χ0) is 6.81. The third-order valence-corrected chi connectivity index (χ3v) is 2.09. The van der Waals surface area contributed by atoms with Gasteiger partial charge in [-0.15, -0.1) is 0 Å². The van der Waals surface area contributed by atoms with Crippen molar-refractivity contribution in [2.45, 2.75) is 25.4 Å². The number of hydrogen-bond donors (Lipinski definition) is 0. The van der Waals surface area contributed by atoms with Crippen molar-refractivity contribution in [3.8, 4) is 0 Å². The molecular formula is C9H12O. The number of fused-ring (bicyclic) bond motifs is 1. The van der Waals surface area contributed by atoms with E-state index in [2.05, 4.69) is 18.2 Å². The van der Waals surface area contributed by atoms with Crippen LogP contribution in [0.4, 0.5) is 0 Å². The predicted octanol–water partition coefficient (Wildman–Crippen LogP) is 2.05. The minimum Gasteiger partial charge on any atom is -0.373 e. The summed E-state index contributed by atoms with van der Waals surface area (Å²) in [7, 11) is 0. The standard InChI is InChI=1S/C9H12O/c1-2-6-9-8(4-1)5-3-7-10-9/h1,4-5,9H,2-3,6-7H2. The summed E-state index contributed by atoms with van der Waals surface area (Å²) in [4.78, 5) is 0. The molecule has 0 bridgehead atoms. The molecule has 1 unspecified atom stereocenters. The molecular weight excluding hydrogens is 124 g/mol. The average molecular weight is 136 g/mol. The molecule has 0 saturated heterocycles. The van der Waals surface area contributed by atoms with Gasteiger partial charge in [0.1, 0.15) is 0 Å². The van der Waals surface area contributed by atoms with Crippen molar-refractivity contribution in [1.29, 1.82) is 0 Å². The monoisotopic (exact) mass is 136 g/mol. The maximum Gasteiger partial charge on any atom is 0.0824 e. The van der Waals surface area contributed by atoms with Gasteiger partial charge in [-0.2, -0.15) is 0 Å². The fourth-order valence-corrected chi connectivity index (χ4v) is 1.56. The molecule has 0 aromatic carbocycles. The molecule has 1 heterocycles. The van der Waals surface area contributed by atoms with Crippen LogP contribution in [0.5, 0.6) is 0 Å². The van der Waals surface area contributed by atoms with E-state index in [4.69, 9.17) is 4.74 Å². The van der Waals surface area contributed by atoms with E-state index in [1.165, 1.54) is 18.4 Å². The highest BCUT2D eigenvalue weighted by Gasteiger charge is 2.17. The van der Waals surface area contributed by atoms with Crippen LogP contribution in [-0.2, 0) is 4.74 Å². The van der Waals surface area contributed by atoms with Crippen LogP contribution in [0.25, 0.3) is 0 Å². The molecule has 2 rings (SSSR count). The van der Waals surface area contributed by atoms with Crippen LogP contribution in [-0.4, -0.2) is 12.7 Å². The lowest BCUT2D eigenvalue weighted by atomic mass is 9.96. The molecule has 10 heavy (non-hydrogen) atoms. The average Bonchev–Trinajstić information content (AvgIpc) is 2.05. The SMILES string of the molecule is C1=CC2=CCCOC2CC1. The Hall–Kier alpha value is -0.560. The van der Waals surface area contributed by atoms with E-state index in [9.17, 15) is 0 Å². The molecule has 1 atom stereocenters. The molecule has 0 saturated carbocycles. The topological polar surface area (TPSA) is 9.23 Å². The van der Waals surface area contributed by atoms with Crippen molar-refractivity contribution >= 4 is 0 Å². The van der Waals surface area contributed by atoms with Crippen molar-refractivity contribution in [3.05, 3.63) is 23.8 Å². The van der Waals surface area contributed by atoms with Crippen molar-refractivity contribution in [1.82, 2.24) is 0 Å². The lowest BCUT2D eigenvalue weighted by Gasteiger charge is -2.25. The molecule has 1 aliphatic carbocycles. The van der Waals surface area contributed by atoms with Gasteiger partial charge >= 0.3 is 0 Å². The van der Waals surface area contributed by atoms with Gasteiger partial charge in [0.25, 0.3) is 0 Å². The van der Waals surface area contributed by atoms with Gasteiger partial charge in [-0.25, -0.2) is 0 Å². The van der Waals surface area contributed by atoms with Crippen LogP contribution in [0.3, 0.4) is 0 Å². The van der Waals surface area contributed by atoms with E-state index in [1.807, 2.05) is 0 Å². The minimum atomic E-state index is 0.429. The molecule has 54 valence electrons. The summed E-state index contributed by atoms with van der Waals surface area (Å²) >= 11 is 0.